The molecule has 2 heterocycles. The van der Waals surface area contributed by atoms with Crippen molar-refractivity contribution < 1.29 is 4.79 Å². The van der Waals surface area contributed by atoms with Gasteiger partial charge in [0.1, 0.15) is 6.04 Å². The van der Waals surface area contributed by atoms with Crippen molar-refractivity contribution in [3.8, 4) is 0 Å². The molecule has 1 atom stereocenters. The third kappa shape index (κ3) is 3.82. The zero-order valence-corrected chi connectivity index (χ0v) is 19.1. The van der Waals surface area contributed by atoms with Crippen LogP contribution in [0.5, 0.6) is 0 Å². The molecule has 0 radical (unpaired) electrons. The van der Waals surface area contributed by atoms with Gasteiger partial charge in [0, 0.05) is 32.9 Å². The Kier molecular flexibility index (Phi) is 5.43. The maximum Gasteiger partial charge on any atom is 0.227 e. The molecule has 8 heteroatoms. The SMILES string of the molecule is O=C1CCCC2=C1[C@@H](c1cccc(Br)c1)n1nc(SCc3ccc(Cl)cc3)nc1N2. The fourth-order valence-electron chi connectivity index (χ4n) is 3.91. The number of anilines is 1. The van der Waals surface area contributed by atoms with Gasteiger partial charge in [0.25, 0.3) is 0 Å². The second-order valence-corrected chi connectivity index (χ2v) is 9.62. The zero-order valence-electron chi connectivity index (χ0n) is 15.9. The monoisotopic (exact) mass is 500 g/mol. The van der Waals surface area contributed by atoms with Gasteiger partial charge in [-0.1, -0.05) is 63.6 Å². The number of halogens is 2. The highest BCUT2D eigenvalue weighted by atomic mass is 79.9. The number of hydrogen-bond donors (Lipinski definition) is 1. The van der Waals surface area contributed by atoms with E-state index in [1.807, 2.05) is 47.1 Å². The molecule has 0 bridgehead atoms. The number of carbonyl (C=O) groups excluding carboxylic acids is 1. The zero-order chi connectivity index (χ0) is 20.7. The van der Waals surface area contributed by atoms with E-state index in [0.717, 1.165) is 50.5 Å². The average Bonchev–Trinajstić information content (AvgIpc) is 3.14. The van der Waals surface area contributed by atoms with Gasteiger partial charge in [-0.15, -0.1) is 5.10 Å². The van der Waals surface area contributed by atoms with Gasteiger partial charge in [-0.05, 0) is 48.2 Å². The summed E-state index contributed by atoms with van der Waals surface area (Å²) in [7, 11) is 0. The molecule has 2 aliphatic rings. The number of nitrogens with zero attached hydrogens (tertiary/aromatic N) is 3. The van der Waals surface area contributed by atoms with Crippen LogP contribution in [0.2, 0.25) is 5.02 Å². The van der Waals surface area contributed by atoms with Crippen LogP contribution in [0.25, 0.3) is 0 Å². The first kappa shape index (κ1) is 19.8. The molecule has 2 aromatic carbocycles. The van der Waals surface area contributed by atoms with Crippen LogP contribution in [0.15, 0.2) is 69.4 Å². The van der Waals surface area contributed by atoms with Gasteiger partial charge in [0.05, 0.1) is 0 Å². The van der Waals surface area contributed by atoms with Crippen LogP contribution < -0.4 is 5.32 Å². The maximum atomic E-state index is 12.9. The molecule has 152 valence electrons. The predicted molar refractivity (Wildman–Crippen MR) is 123 cm³/mol. The molecule has 0 spiro atoms. The predicted octanol–water partition coefficient (Wildman–Crippen LogP) is 6.01. The molecular weight excluding hydrogens is 484 g/mol. The van der Waals surface area contributed by atoms with Crippen LogP contribution in [0.4, 0.5) is 5.95 Å². The Morgan fingerprint density at radius 2 is 2.03 bits per heavy atom. The number of ketones is 1. The van der Waals surface area contributed by atoms with E-state index in [-0.39, 0.29) is 11.8 Å². The number of Topliss-reactive ketones (excluding diaryl/α,β-unsaturated/α-hetero) is 1. The third-order valence-corrected chi connectivity index (χ3v) is 6.95. The lowest BCUT2D eigenvalue weighted by Gasteiger charge is -2.32. The lowest BCUT2D eigenvalue weighted by molar-refractivity contribution is -0.116. The van der Waals surface area contributed by atoms with E-state index in [4.69, 9.17) is 21.7 Å². The van der Waals surface area contributed by atoms with Crippen molar-refractivity contribution in [2.24, 2.45) is 0 Å². The second-order valence-electron chi connectivity index (χ2n) is 7.33. The Labute approximate surface area is 192 Å². The largest absolute Gasteiger partial charge is 0.328 e. The summed E-state index contributed by atoms with van der Waals surface area (Å²) < 4.78 is 2.83. The highest BCUT2D eigenvalue weighted by Gasteiger charge is 2.36. The first-order valence-electron chi connectivity index (χ1n) is 9.71. The molecule has 1 aliphatic heterocycles. The summed E-state index contributed by atoms with van der Waals surface area (Å²) in [5.74, 6) is 1.62. The van der Waals surface area contributed by atoms with Gasteiger partial charge >= 0.3 is 0 Å². The molecule has 0 saturated heterocycles. The quantitative estimate of drug-likeness (QED) is 0.444. The van der Waals surface area contributed by atoms with Gasteiger partial charge in [-0.25, -0.2) is 4.68 Å². The maximum absolute atomic E-state index is 12.9. The molecule has 0 unspecified atom stereocenters. The summed E-state index contributed by atoms with van der Waals surface area (Å²) in [6, 6.07) is 15.6. The van der Waals surface area contributed by atoms with Crippen LogP contribution >= 0.6 is 39.3 Å². The lowest BCUT2D eigenvalue weighted by Crippen LogP contribution is -2.31. The van der Waals surface area contributed by atoms with Crippen molar-refractivity contribution in [3.05, 3.63) is 80.4 Å². The van der Waals surface area contributed by atoms with Crippen LogP contribution in [-0.4, -0.2) is 20.5 Å². The van der Waals surface area contributed by atoms with E-state index >= 15 is 0 Å². The number of thioether (sulfide) groups is 1. The molecule has 0 fully saturated rings. The number of nitrogens with one attached hydrogen (secondary N) is 1. The summed E-state index contributed by atoms with van der Waals surface area (Å²) in [6.45, 7) is 0. The number of fused-ring (bicyclic) bond motifs is 1. The Morgan fingerprint density at radius 3 is 2.83 bits per heavy atom. The lowest BCUT2D eigenvalue weighted by atomic mass is 9.85. The molecule has 1 aliphatic carbocycles. The number of hydrogen-bond acceptors (Lipinski definition) is 5. The number of aromatic nitrogens is 3. The molecule has 1 N–H and O–H groups in total. The summed E-state index contributed by atoms with van der Waals surface area (Å²) in [6.07, 6.45) is 2.29. The van der Waals surface area contributed by atoms with Gasteiger partial charge in [-0.2, -0.15) is 4.98 Å². The van der Waals surface area contributed by atoms with Crippen molar-refractivity contribution >= 4 is 51.0 Å². The molecule has 5 nitrogen and oxygen atoms in total. The number of benzene rings is 2. The minimum atomic E-state index is -0.265. The van der Waals surface area contributed by atoms with Crippen LogP contribution in [-0.2, 0) is 10.5 Å². The molecular formula is C22H18BrClN4OS. The summed E-state index contributed by atoms with van der Waals surface area (Å²) >= 11 is 11.1. The number of allylic oxidation sites excluding steroid dienone is 2. The normalized spacial score (nSPS) is 18.1. The van der Waals surface area contributed by atoms with Crippen molar-refractivity contribution in [1.29, 1.82) is 0 Å². The van der Waals surface area contributed by atoms with E-state index in [0.29, 0.717) is 17.5 Å². The smallest absolute Gasteiger partial charge is 0.227 e. The molecule has 3 aromatic rings. The van der Waals surface area contributed by atoms with Gasteiger partial charge in [0.2, 0.25) is 11.1 Å². The van der Waals surface area contributed by atoms with E-state index in [1.54, 1.807) is 11.8 Å². The Bertz CT molecular complexity index is 1160. The Hall–Kier alpha value is -2.09. The molecule has 0 saturated carbocycles. The van der Waals surface area contributed by atoms with Crippen LogP contribution in [0.3, 0.4) is 0 Å². The van der Waals surface area contributed by atoms with Gasteiger partial charge < -0.3 is 5.32 Å². The summed E-state index contributed by atoms with van der Waals surface area (Å²) in [5, 5.41) is 9.55. The minimum Gasteiger partial charge on any atom is -0.328 e. The number of carbonyl (C=O) groups is 1. The Morgan fingerprint density at radius 1 is 1.20 bits per heavy atom. The van der Waals surface area contributed by atoms with Crippen LogP contribution in [0, 0.1) is 0 Å². The van der Waals surface area contributed by atoms with E-state index in [9.17, 15) is 4.79 Å². The summed E-state index contributed by atoms with van der Waals surface area (Å²) in [4.78, 5) is 17.6. The molecule has 5 rings (SSSR count). The topological polar surface area (TPSA) is 59.8 Å². The van der Waals surface area contributed by atoms with Gasteiger partial charge in [0.15, 0.2) is 5.78 Å². The van der Waals surface area contributed by atoms with Crippen molar-refractivity contribution in [1.82, 2.24) is 14.8 Å². The fraction of sp³-hybridized carbons (Fsp3) is 0.227. The van der Waals surface area contributed by atoms with Crippen molar-refractivity contribution in [2.75, 3.05) is 5.32 Å². The highest BCUT2D eigenvalue weighted by molar-refractivity contribution is 9.10. The first-order valence-corrected chi connectivity index (χ1v) is 11.9. The molecule has 1 aromatic heterocycles. The van der Waals surface area contributed by atoms with Gasteiger partial charge in [-0.3, -0.25) is 4.79 Å². The Balaban J connectivity index is 1.50. The molecule has 0 amide bonds. The third-order valence-electron chi connectivity index (χ3n) is 5.29. The standard InChI is InChI=1S/C22H18BrClN4OS/c23-15-4-1-3-14(11-15)20-19-17(5-2-6-18(19)29)25-21-26-22(27-28(20)21)30-12-13-7-9-16(24)10-8-13/h1,3-4,7-11,20H,2,5-6,12H2,(H,25,26,27)/t20-/m1/s1. The average molecular weight is 502 g/mol. The highest BCUT2D eigenvalue weighted by Crippen LogP contribution is 2.41. The summed E-state index contributed by atoms with van der Waals surface area (Å²) in [5.41, 5.74) is 3.96. The van der Waals surface area contributed by atoms with Crippen molar-refractivity contribution in [2.45, 2.75) is 36.2 Å². The van der Waals surface area contributed by atoms with E-state index in [1.165, 1.54) is 0 Å². The van der Waals surface area contributed by atoms with Crippen molar-refractivity contribution in [3.63, 3.8) is 0 Å². The number of rotatable bonds is 4. The van der Waals surface area contributed by atoms with E-state index in [2.05, 4.69) is 27.3 Å². The van der Waals surface area contributed by atoms with Crippen LogP contribution in [0.1, 0.15) is 36.4 Å². The first-order chi connectivity index (χ1) is 14.6. The fourth-order valence-corrected chi connectivity index (χ4v) is 5.24. The van der Waals surface area contributed by atoms with E-state index < -0.39 is 0 Å². The molecule has 30 heavy (non-hydrogen) atoms. The minimum absolute atomic E-state index is 0.185. The second kappa shape index (κ2) is 8.21.